The van der Waals surface area contributed by atoms with Crippen LogP contribution >= 0.6 is 0 Å². The van der Waals surface area contributed by atoms with Crippen LogP contribution in [0.15, 0.2) is 30.5 Å². The van der Waals surface area contributed by atoms with Crippen LogP contribution in [-0.2, 0) is 17.8 Å². The number of aromatic nitrogens is 2. The summed E-state index contributed by atoms with van der Waals surface area (Å²) in [5.74, 6) is -0.112. The van der Waals surface area contributed by atoms with Gasteiger partial charge in [0.25, 0.3) is 0 Å². The Kier molecular flexibility index (Phi) is 2.74. The molecule has 3 N–H and O–H groups in total. The second-order valence-electron chi connectivity index (χ2n) is 4.86. The fourth-order valence-corrected chi connectivity index (χ4v) is 2.51. The monoisotopic (exact) mass is 257 g/mol. The van der Waals surface area contributed by atoms with Crippen LogP contribution in [0.1, 0.15) is 12.2 Å². The number of nitrogen functional groups attached to an aromatic ring is 1. The molecule has 0 saturated heterocycles. The molecule has 1 unspecified atom stereocenters. The van der Waals surface area contributed by atoms with E-state index >= 15 is 0 Å². The van der Waals surface area contributed by atoms with Crippen molar-refractivity contribution in [1.29, 1.82) is 0 Å². The molecule has 1 atom stereocenters. The molecule has 2 heterocycles. The van der Waals surface area contributed by atoms with Crippen molar-refractivity contribution in [2.24, 2.45) is 5.92 Å². The largest absolute Gasteiger partial charge is 0.481 e. The maximum Gasteiger partial charge on any atom is 0.308 e. The molecule has 0 amide bonds. The highest BCUT2D eigenvalue weighted by Crippen LogP contribution is 2.28. The highest BCUT2D eigenvalue weighted by Gasteiger charge is 2.25. The summed E-state index contributed by atoms with van der Waals surface area (Å²) in [7, 11) is 0. The lowest BCUT2D eigenvalue weighted by Gasteiger charge is -2.19. The summed E-state index contributed by atoms with van der Waals surface area (Å²) in [6.45, 7) is 0.490. The van der Waals surface area contributed by atoms with Crippen molar-refractivity contribution in [2.75, 3.05) is 5.73 Å². The molecular formula is C14H15N3O2. The van der Waals surface area contributed by atoms with Gasteiger partial charge in [-0.2, -0.15) is 0 Å². The average molecular weight is 257 g/mol. The van der Waals surface area contributed by atoms with Gasteiger partial charge in [0.15, 0.2) is 0 Å². The Balaban J connectivity index is 1.96. The number of aryl methyl sites for hydroxylation is 1. The zero-order valence-corrected chi connectivity index (χ0v) is 10.4. The van der Waals surface area contributed by atoms with Crippen molar-refractivity contribution in [1.82, 2.24) is 9.55 Å². The first-order valence-corrected chi connectivity index (χ1v) is 6.29. The number of aliphatic carboxylic acids is 1. The summed E-state index contributed by atoms with van der Waals surface area (Å²) in [6.07, 6.45) is 3.25. The summed E-state index contributed by atoms with van der Waals surface area (Å²) in [4.78, 5) is 15.6. The van der Waals surface area contributed by atoms with Gasteiger partial charge in [0.1, 0.15) is 5.82 Å². The molecule has 19 heavy (non-hydrogen) atoms. The van der Waals surface area contributed by atoms with Gasteiger partial charge in [-0.25, -0.2) is 4.98 Å². The van der Waals surface area contributed by atoms with Crippen molar-refractivity contribution >= 4 is 11.7 Å². The number of nitrogens with zero attached hydrogens (tertiary/aromatic N) is 2. The normalized spacial score (nSPS) is 18.0. The Morgan fingerprint density at radius 2 is 2.21 bits per heavy atom. The number of anilines is 1. The number of para-hydroxylation sites is 1. The minimum absolute atomic E-state index is 0.317. The van der Waals surface area contributed by atoms with Crippen LogP contribution in [0.25, 0.3) is 11.3 Å². The van der Waals surface area contributed by atoms with Crippen LogP contribution < -0.4 is 5.73 Å². The smallest absolute Gasteiger partial charge is 0.308 e. The molecule has 0 aliphatic carbocycles. The number of nitrogens with two attached hydrogens (primary N) is 1. The predicted octanol–water partition coefficient (Wildman–Crippen LogP) is 1.78. The van der Waals surface area contributed by atoms with E-state index in [1.807, 2.05) is 35.0 Å². The van der Waals surface area contributed by atoms with Gasteiger partial charge < -0.3 is 15.4 Å². The molecular weight excluding hydrogens is 242 g/mol. The van der Waals surface area contributed by atoms with Crippen LogP contribution in [0, 0.1) is 5.92 Å². The van der Waals surface area contributed by atoms with Crippen molar-refractivity contribution in [3.63, 3.8) is 0 Å². The zero-order valence-electron chi connectivity index (χ0n) is 10.4. The minimum Gasteiger partial charge on any atom is -0.481 e. The number of rotatable bonds is 2. The number of benzene rings is 1. The molecule has 1 aliphatic rings. The van der Waals surface area contributed by atoms with Gasteiger partial charge in [-0.3, -0.25) is 4.79 Å². The average Bonchev–Trinajstić information content (AvgIpc) is 2.81. The van der Waals surface area contributed by atoms with E-state index in [2.05, 4.69) is 4.98 Å². The van der Waals surface area contributed by atoms with Crippen LogP contribution in [0.4, 0.5) is 5.69 Å². The first-order valence-electron chi connectivity index (χ1n) is 6.29. The SMILES string of the molecule is Nc1ccccc1-c1cn2c(n1)CCC(C(=O)O)C2. The van der Waals surface area contributed by atoms with E-state index in [0.29, 0.717) is 25.1 Å². The number of hydrogen-bond donors (Lipinski definition) is 2. The number of carbonyl (C=O) groups is 1. The summed E-state index contributed by atoms with van der Waals surface area (Å²) in [5.41, 5.74) is 8.35. The number of fused-ring (bicyclic) bond motifs is 1. The van der Waals surface area contributed by atoms with Crippen molar-refractivity contribution in [2.45, 2.75) is 19.4 Å². The molecule has 98 valence electrons. The lowest BCUT2D eigenvalue weighted by atomic mass is 10.00. The molecule has 1 aliphatic heterocycles. The van der Waals surface area contributed by atoms with Gasteiger partial charge in [0, 0.05) is 30.4 Å². The van der Waals surface area contributed by atoms with E-state index in [-0.39, 0.29) is 5.92 Å². The first kappa shape index (κ1) is 11.8. The van der Waals surface area contributed by atoms with Crippen molar-refractivity contribution in [3.8, 4) is 11.3 Å². The van der Waals surface area contributed by atoms with Gasteiger partial charge in [0.2, 0.25) is 0 Å². The summed E-state index contributed by atoms with van der Waals surface area (Å²) >= 11 is 0. The third-order valence-electron chi connectivity index (χ3n) is 3.58. The van der Waals surface area contributed by atoms with Crippen LogP contribution in [0.5, 0.6) is 0 Å². The Bertz CT molecular complexity index is 633. The molecule has 0 spiro atoms. The highest BCUT2D eigenvalue weighted by atomic mass is 16.4. The number of carboxylic acids is 1. The first-order chi connectivity index (χ1) is 9.15. The van der Waals surface area contributed by atoms with E-state index in [0.717, 1.165) is 17.1 Å². The topological polar surface area (TPSA) is 81.1 Å². The number of imidazole rings is 1. The van der Waals surface area contributed by atoms with Gasteiger partial charge in [-0.15, -0.1) is 0 Å². The molecule has 1 aromatic heterocycles. The molecule has 0 bridgehead atoms. The van der Waals surface area contributed by atoms with Gasteiger partial charge in [-0.1, -0.05) is 18.2 Å². The molecule has 2 aromatic rings. The summed E-state index contributed by atoms with van der Waals surface area (Å²) in [5, 5.41) is 9.08. The van der Waals surface area contributed by atoms with E-state index in [4.69, 9.17) is 10.8 Å². The van der Waals surface area contributed by atoms with E-state index < -0.39 is 5.97 Å². The summed E-state index contributed by atoms with van der Waals surface area (Å²) < 4.78 is 1.93. The van der Waals surface area contributed by atoms with Crippen LogP contribution in [-0.4, -0.2) is 20.6 Å². The molecule has 3 rings (SSSR count). The number of hydrogen-bond acceptors (Lipinski definition) is 3. The van der Waals surface area contributed by atoms with E-state index in [1.54, 1.807) is 0 Å². The number of carboxylic acid groups (broad SMARTS) is 1. The third-order valence-corrected chi connectivity index (χ3v) is 3.58. The Morgan fingerprint density at radius 3 is 2.95 bits per heavy atom. The molecule has 1 aromatic carbocycles. The van der Waals surface area contributed by atoms with Crippen LogP contribution in [0.3, 0.4) is 0 Å². The Morgan fingerprint density at radius 1 is 1.42 bits per heavy atom. The fraction of sp³-hybridized carbons (Fsp3) is 0.286. The van der Waals surface area contributed by atoms with Gasteiger partial charge >= 0.3 is 5.97 Å². The molecule has 5 nitrogen and oxygen atoms in total. The van der Waals surface area contributed by atoms with E-state index in [1.165, 1.54) is 0 Å². The van der Waals surface area contributed by atoms with Crippen molar-refractivity contribution < 1.29 is 9.90 Å². The molecule has 0 fully saturated rings. The quantitative estimate of drug-likeness (QED) is 0.803. The summed E-state index contributed by atoms with van der Waals surface area (Å²) in [6, 6.07) is 7.57. The lowest BCUT2D eigenvalue weighted by molar-refractivity contribution is -0.142. The Labute approximate surface area is 110 Å². The van der Waals surface area contributed by atoms with Crippen LogP contribution in [0.2, 0.25) is 0 Å². The molecule has 0 radical (unpaired) electrons. The minimum atomic E-state index is -0.736. The second kappa shape index (κ2) is 4.42. The fourth-order valence-electron chi connectivity index (χ4n) is 2.51. The Hall–Kier alpha value is -2.30. The van der Waals surface area contributed by atoms with Crippen molar-refractivity contribution in [3.05, 3.63) is 36.3 Å². The van der Waals surface area contributed by atoms with E-state index in [9.17, 15) is 4.79 Å². The maximum atomic E-state index is 11.0. The predicted molar refractivity (Wildman–Crippen MR) is 71.5 cm³/mol. The highest BCUT2D eigenvalue weighted by molar-refractivity contribution is 5.73. The lowest BCUT2D eigenvalue weighted by Crippen LogP contribution is -2.26. The third kappa shape index (κ3) is 2.07. The standard InChI is InChI=1S/C14H15N3O2/c15-11-4-2-1-3-10(11)12-8-17-7-9(14(18)19)5-6-13(17)16-12/h1-4,8-9H,5-7,15H2,(H,18,19). The van der Waals surface area contributed by atoms with Gasteiger partial charge in [-0.05, 0) is 12.5 Å². The molecule has 5 heteroatoms. The molecule has 0 saturated carbocycles. The maximum absolute atomic E-state index is 11.0. The zero-order chi connectivity index (χ0) is 13.4. The van der Waals surface area contributed by atoms with Gasteiger partial charge in [0.05, 0.1) is 11.6 Å². The second-order valence-corrected chi connectivity index (χ2v) is 4.86.